The van der Waals surface area contributed by atoms with Gasteiger partial charge in [0.25, 0.3) is 0 Å². The molecule has 1 aromatic carbocycles. The molecule has 4 aromatic rings. The Labute approximate surface area is 138 Å². The van der Waals surface area contributed by atoms with Crippen LogP contribution in [0.15, 0.2) is 60.2 Å². The number of hydrogen-bond donors (Lipinski definition) is 0. The lowest BCUT2D eigenvalue weighted by Gasteiger charge is -2.05. The van der Waals surface area contributed by atoms with Crippen molar-refractivity contribution in [2.75, 3.05) is 0 Å². The summed E-state index contributed by atoms with van der Waals surface area (Å²) in [5, 5.41) is 11.2. The summed E-state index contributed by atoms with van der Waals surface area (Å²) in [6.45, 7) is 2.06. The lowest BCUT2D eigenvalue weighted by atomic mass is 10.0. The van der Waals surface area contributed by atoms with E-state index in [2.05, 4.69) is 46.6 Å². The molecular weight excluding hydrogens is 302 g/mol. The van der Waals surface area contributed by atoms with Crippen LogP contribution in [0.4, 0.5) is 0 Å². The number of benzene rings is 1. The van der Waals surface area contributed by atoms with Gasteiger partial charge in [0.15, 0.2) is 0 Å². The number of aryl methyl sites for hydroxylation is 1. The summed E-state index contributed by atoms with van der Waals surface area (Å²) >= 11 is 1.47. The number of thiophene rings is 1. The normalized spacial score (nSPS) is 10.8. The molecular formula is C19H13N3S. The molecule has 0 N–H and O–H groups in total. The molecule has 0 aliphatic heterocycles. The zero-order valence-electron chi connectivity index (χ0n) is 12.5. The number of imidazole rings is 1. The van der Waals surface area contributed by atoms with Gasteiger partial charge in [0.05, 0.1) is 11.9 Å². The topological polar surface area (TPSA) is 41.1 Å². The Hall–Kier alpha value is -2.90. The van der Waals surface area contributed by atoms with Gasteiger partial charge < -0.3 is 0 Å². The van der Waals surface area contributed by atoms with Gasteiger partial charge in [0.1, 0.15) is 16.6 Å². The van der Waals surface area contributed by atoms with Crippen LogP contribution in [-0.2, 0) is 0 Å². The fraction of sp³-hybridized carbons (Fsp3) is 0.0526. The van der Waals surface area contributed by atoms with Gasteiger partial charge in [-0.15, -0.1) is 11.3 Å². The second kappa shape index (κ2) is 5.38. The summed E-state index contributed by atoms with van der Waals surface area (Å²) in [7, 11) is 0. The van der Waals surface area contributed by atoms with Crippen LogP contribution in [0, 0.1) is 18.3 Å². The standard InChI is InChI=1S/C19H13N3S/c1-13-5-7-22-17(12-21-19(22)9-13)15-4-2-3-14(10-15)16-6-8-23-18(16)11-20/h2-10,12H,1H3. The molecule has 0 atom stereocenters. The second-order valence-corrected chi connectivity index (χ2v) is 6.35. The Bertz CT molecular complexity index is 1050. The molecule has 0 aliphatic rings. The number of nitrogens with zero attached hydrogens (tertiary/aromatic N) is 3. The van der Waals surface area contributed by atoms with Crippen molar-refractivity contribution in [3.8, 4) is 28.5 Å². The molecule has 23 heavy (non-hydrogen) atoms. The zero-order valence-corrected chi connectivity index (χ0v) is 13.3. The van der Waals surface area contributed by atoms with E-state index in [1.165, 1.54) is 16.9 Å². The molecule has 0 fully saturated rings. The molecule has 0 amide bonds. The minimum Gasteiger partial charge on any atom is -0.300 e. The summed E-state index contributed by atoms with van der Waals surface area (Å²) in [6.07, 6.45) is 3.94. The predicted octanol–water partition coefficient (Wildman–Crippen LogP) is 4.91. The third-order valence-corrected chi connectivity index (χ3v) is 4.72. The van der Waals surface area contributed by atoms with Gasteiger partial charge in [-0.25, -0.2) is 4.98 Å². The molecule has 0 radical (unpaired) electrons. The van der Waals surface area contributed by atoms with Crippen molar-refractivity contribution < 1.29 is 0 Å². The van der Waals surface area contributed by atoms with E-state index in [0.29, 0.717) is 0 Å². The maximum Gasteiger partial charge on any atom is 0.137 e. The van der Waals surface area contributed by atoms with Crippen molar-refractivity contribution in [3.63, 3.8) is 0 Å². The molecule has 4 heteroatoms. The van der Waals surface area contributed by atoms with E-state index in [1.807, 2.05) is 36.0 Å². The Balaban J connectivity index is 1.87. The van der Waals surface area contributed by atoms with Crippen LogP contribution in [-0.4, -0.2) is 9.38 Å². The average molecular weight is 315 g/mol. The van der Waals surface area contributed by atoms with Gasteiger partial charge in [-0.2, -0.15) is 5.26 Å². The van der Waals surface area contributed by atoms with Crippen LogP contribution in [0.2, 0.25) is 0 Å². The van der Waals surface area contributed by atoms with E-state index < -0.39 is 0 Å². The van der Waals surface area contributed by atoms with Crippen LogP contribution >= 0.6 is 11.3 Å². The third kappa shape index (κ3) is 2.32. The first-order valence-corrected chi connectivity index (χ1v) is 8.16. The van der Waals surface area contributed by atoms with Crippen molar-refractivity contribution in [1.82, 2.24) is 9.38 Å². The summed E-state index contributed by atoms with van der Waals surface area (Å²) < 4.78 is 2.09. The lowest BCUT2D eigenvalue weighted by molar-refractivity contribution is 1.17. The monoisotopic (exact) mass is 315 g/mol. The first-order valence-electron chi connectivity index (χ1n) is 7.28. The van der Waals surface area contributed by atoms with E-state index in [-0.39, 0.29) is 0 Å². The minimum atomic E-state index is 0.746. The quantitative estimate of drug-likeness (QED) is 0.527. The molecule has 4 rings (SSSR count). The van der Waals surface area contributed by atoms with Crippen molar-refractivity contribution in [1.29, 1.82) is 5.26 Å². The Kier molecular flexibility index (Phi) is 3.22. The lowest BCUT2D eigenvalue weighted by Crippen LogP contribution is -1.89. The number of fused-ring (bicyclic) bond motifs is 1. The highest BCUT2D eigenvalue weighted by Crippen LogP contribution is 2.31. The van der Waals surface area contributed by atoms with Crippen molar-refractivity contribution in [2.45, 2.75) is 6.92 Å². The maximum absolute atomic E-state index is 9.24. The number of nitriles is 1. The summed E-state index contributed by atoms with van der Waals surface area (Å²) in [4.78, 5) is 5.24. The number of rotatable bonds is 2. The van der Waals surface area contributed by atoms with Gasteiger partial charge in [-0.05, 0) is 47.7 Å². The van der Waals surface area contributed by atoms with Gasteiger partial charge in [0, 0.05) is 17.3 Å². The first-order chi connectivity index (χ1) is 11.3. The van der Waals surface area contributed by atoms with Gasteiger partial charge >= 0.3 is 0 Å². The smallest absolute Gasteiger partial charge is 0.137 e. The molecule has 0 unspecified atom stereocenters. The molecule has 0 saturated heterocycles. The molecule has 3 heterocycles. The Morgan fingerprint density at radius 1 is 1.13 bits per heavy atom. The summed E-state index contributed by atoms with van der Waals surface area (Å²) in [5.41, 5.74) is 6.33. The van der Waals surface area contributed by atoms with Gasteiger partial charge in [0.2, 0.25) is 0 Å². The van der Waals surface area contributed by atoms with Gasteiger partial charge in [-0.3, -0.25) is 4.40 Å². The van der Waals surface area contributed by atoms with Crippen LogP contribution in [0.5, 0.6) is 0 Å². The molecule has 0 aliphatic carbocycles. The fourth-order valence-electron chi connectivity index (χ4n) is 2.77. The van der Waals surface area contributed by atoms with Crippen LogP contribution in [0.25, 0.3) is 28.0 Å². The zero-order chi connectivity index (χ0) is 15.8. The molecule has 0 bridgehead atoms. The Morgan fingerprint density at radius 2 is 2.00 bits per heavy atom. The number of aromatic nitrogens is 2. The Morgan fingerprint density at radius 3 is 2.87 bits per heavy atom. The predicted molar refractivity (Wildman–Crippen MR) is 93.4 cm³/mol. The summed E-state index contributed by atoms with van der Waals surface area (Å²) in [5.74, 6) is 0. The van der Waals surface area contributed by atoms with Gasteiger partial charge in [-0.1, -0.05) is 18.2 Å². The highest BCUT2D eigenvalue weighted by atomic mass is 32.1. The fourth-order valence-corrected chi connectivity index (χ4v) is 3.47. The van der Waals surface area contributed by atoms with Crippen LogP contribution in [0.3, 0.4) is 0 Å². The summed E-state index contributed by atoms with van der Waals surface area (Å²) in [6, 6.07) is 16.7. The third-order valence-electron chi connectivity index (χ3n) is 3.90. The second-order valence-electron chi connectivity index (χ2n) is 5.43. The average Bonchev–Trinajstić information content (AvgIpc) is 3.21. The maximum atomic E-state index is 9.24. The molecule has 3 aromatic heterocycles. The van der Waals surface area contributed by atoms with Crippen LogP contribution in [0.1, 0.15) is 10.4 Å². The highest BCUT2D eigenvalue weighted by molar-refractivity contribution is 7.11. The highest BCUT2D eigenvalue weighted by Gasteiger charge is 2.10. The first kappa shape index (κ1) is 13.7. The molecule has 0 spiro atoms. The van der Waals surface area contributed by atoms with Crippen molar-refractivity contribution >= 4 is 17.0 Å². The van der Waals surface area contributed by atoms with Crippen LogP contribution < -0.4 is 0 Å². The molecule has 3 nitrogen and oxygen atoms in total. The molecule has 110 valence electrons. The van der Waals surface area contributed by atoms with E-state index in [4.69, 9.17) is 0 Å². The minimum absolute atomic E-state index is 0.746. The van der Waals surface area contributed by atoms with Crippen molar-refractivity contribution in [2.24, 2.45) is 0 Å². The van der Waals surface area contributed by atoms with Crippen molar-refractivity contribution in [3.05, 3.63) is 70.7 Å². The van der Waals surface area contributed by atoms with E-state index in [9.17, 15) is 5.26 Å². The SMILES string of the molecule is Cc1ccn2c(-c3cccc(-c4ccsc4C#N)c3)cnc2c1. The van der Waals surface area contributed by atoms with E-state index in [0.717, 1.165) is 32.9 Å². The largest absolute Gasteiger partial charge is 0.300 e. The molecule has 0 saturated carbocycles. The number of pyridine rings is 1. The van der Waals surface area contributed by atoms with E-state index >= 15 is 0 Å². The van der Waals surface area contributed by atoms with E-state index in [1.54, 1.807) is 0 Å². The number of hydrogen-bond acceptors (Lipinski definition) is 3.